The van der Waals surface area contributed by atoms with Gasteiger partial charge in [-0.25, -0.2) is 0 Å². The zero-order valence-electron chi connectivity index (χ0n) is 7.23. The van der Waals surface area contributed by atoms with Crippen LogP contribution in [0.15, 0.2) is 22.4 Å². The minimum absolute atomic E-state index is 0.0143. The zero-order chi connectivity index (χ0) is 10.1. The number of hydrogen-bond donors (Lipinski definition) is 2. The molecule has 0 saturated heterocycles. The Bertz CT molecular complexity index is 488. The van der Waals surface area contributed by atoms with Gasteiger partial charge in [-0.2, -0.15) is 0 Å². The fourth-order valence-electron chi connectivity index (χ4n) is 1.42. The van der Waals surface area contributed by atoms with E-state index in [1.165, 1.54) is 11.3 Å². The lowest BCUT2D eigenvalue weighted by Crippen LogP contribution is -1.86. The number of aliphatic hydroxyl groups excluding tert-OH is 1. The predicted molar refractivity (Wildman–Crippen MR) is 60.4 cm³/mol. The second kappa shape index (κ2) is 3.73. The summed E-state index contributed by atoms with van der Waals surface area (Å²) in [6, 6.07) is 5.37. The molecule has 0 unspecified atom stereocenters. The summed E-state index contributed by atoms with van der Waals surface area (Å²) in [5, 5.41) is 10.0. The van der Waals surface area contributed by atoms with Crippen LogP contribution < -0.4 is 0 Å². The summed E-state index contributed by atoms with van der Waals surface area (Å²) in [7, 11) is 0. The van der Waals surface area contributed by atoms with Crippen LogP contribution in [-0.4, -0.2) is 11.4 Å². The van der Waals surface area contributed by atoms with Crippen molar-refractivity contribution in [3.63, 3.8) is 0 Å². The molecule has 0 radical (unpaired) electrons. The van der Waals surface area contributed by atoms with E-state index in [4.69, 9.17) is 5.11 Å². The van der Waals surface area contributed by atoms with E-state index >= 15 is 0 Å². The van der Waals surface area contributed by atoms with Gasteiger partial charge in [0, 0.05) is 10.3 Å². The summed E-state index contributed by atoms with van der Waals surface area (Å²) in [5.74, 6) is 0. The first kappa shape index (κ1) is 9.71. The third-order valence-electron chi connectivity index (χ3n) is 2.09. The molecule has 2 rings (SSSR count). The van der Waals surface area contributed by atoms with E-state index in [2.05, 4.69) is 12.6 Å². The standard InChI is InChI=1S/C10H8O2S2/c11-4-6-1-2-7(5-12)10-8(6)3-9(13)14-10/h1-3,5,11,13H,4H2. The molecule has 0 aliphatic carbocycles. The third-order valence-corrected chi connectivity index (χ3v) is 3.48. The van der Waals surface area contributed by atoms with Crippen molar-refractivity contribution in [2.75, 3.05) is 0 Å². The monoisotopic (exact) mass is 224 g/mol. The third kappa shape index (κ3) is 1.45. The first-order valence-electron chi connectivity index (χ1n) is 4.06. The van der Waals surface area contributed by atoms with Gasteiger partial charge in [-0.1, -0.05) is 6.07 Å². The minimum Gasteiger partial charge on any atom is -0.392 e. The van der Waals surface area contributed by atoms with Gasteiger partial charge in [0.15, 0.2) is 6.29 Å². The van der Waals surface area contributed by atoms with Crippen LogP contribution in [0.5, 0.6) is 0 Å². The molecule has 0 saturated carbocycles. The lowest BCUT2D eigenvalue weighted by molar-refractivity contribution is 0.112. The number of thiol groups is 1. The zero-order valence-corrected chi connectivity index (χ0v) is 8.94. The fourth-order valence-corrected chi connectivity index (χ4v) is 2.74. The first-order chi connectivity index (χ1) is 6.76. The number of carbonyl (C=O) groups excluding carboxylic acids is 1. The van der Waals surface area contributed by atoms with E-state index < -0.39 is 0 Å². The van der Waals surface area contributed by atoms with Crippen LogP contribution in [0, 0.1) is 0 Å². The number of carbonyl (C=O) groups is 1. The maximum atomic E-state index is 10.7. The number of rotatable bonds is 2. The van der Waals surface area contributed by atoms with E-state index in [1.54, 1.807) is 12.1 Å². The molecule has 4 heteroatoms. The first-order valence-corrected chi connectivity index (χ1v) is 5.33. The van der Waals surface area contributed by atoms with Crippen molar-refractivity contribution in [1.29, 1.82) is 0 Å². The Balaban J connectivity index is 2.83. The van der Waals surface area contributed by atoms with Gasteiger partial charge in [-0.15, -0.1) is 24.0 Å². The molecule has 0 aliphatic heterocycles. The molecule has 0 amide bonds. The van der Waals surface area contributed by atoms with Crippen molar-refractivity contribution in [2.24, 2.45) is 0 Å². The summed E-state index contributed by atoms with van der Waals surface area (Å²) >= 11 is 5.69. The van der Waals surface area contributed by atoms with Crippen LogP contribution in [0.25, 0.3) is 10.1 Å². The fraction of sp³-hybridized carbons (Fsp3) is 0.100. The van der Waals surface area contributed by atoms with Gasteiger partial charge in [-0.05, 0) is 23.1 Å². The molecule has 1 aromatic carbocycles. The molecule has 1 heterocycles. The molecule has 0 fully saturated rings. The Labute approximate surface area is 90.6 Å². The van der Waals surface area contributed by atoms with Crippen LogP contribution in [0.4, 0.5) is 0 Å². The highest BCUT2D eigenvalue weighted by Crippen LogP contribution is 2.32. The van der Waals surface area contributed by atoms with Gasteiger partial charge in [-0.3, -0.25) is 4.79 Å². The van der Waals surface area contributed by atoms with E-state index in [1.807, 2.05) is 6.07 Å². The van der Waals surface area contributed by atoms with E-state index in [0.29, 0.717) is 5.56 Å². The molecule has 2 aromatic rings. The number of aldehydes is 1. The Hall–Kier alpha value is -0.840. The summed E-state index contributed by atoms with van der Waals surface area (Å²) in [6.45, 7) is -0.0143. The van der Waals surface area contributed by atoms with E-state index in [-0.39, 0.29) is 6.61 Å². The predicted octanol–water partition coefficient (Wildman–Crippen LogP) is 2.49. The van der Waals surface area contributed by atoms with Gasteiger partial charge >= 0.3 is 0 Å². The number of hydrogen-bond acceptors (Lipinski definition) is 4. The molecule has 2 nitrogen and oxygen atoms in total. The van der Waals surface area contributed by atoms with Crippen molar-refractivity contribution in [1.82, 2.24) is 0 Å². The largest absolute Gasteiger partial charge is 0.392 e. The van der Waals surface area contributed by atoms with Crippen molar-refractivity contribution in [2.45, 2.75) is 10.8 Å². The van der Waals surface area contributed by atoms with Crippen LogP contribution in [-0.2, 0) is 6.61 Å². The summed E-state index contributed by atoms with van der Waals surface area (Å²) < 4.78 is 1.75. The van der Waals surface area contributed by atoms with Gasteiger partial charge in [0.05, 0.1) is 10.8 Å². The highest BCUT2D eigenvalue weighted by molar-refractivity contribution is 7.83. The van der Waals surface area contributed by atoms with Crippen LogP contribution >= 0.6 is 24.0 Å². The molecular formula is C10H8O2S2. The Morgan fingerprint density at radius 2 is 2.29 bits per heavy atom. The molecular weight excluding hydrogens is 216 g/mol. The Morgan fingerprint density at radius 3 is 2.93 bits per heavy atom. The summed E-state index contributed by atoms with van der Waals surface area (Å²) in [6.07, 6.45) is 0.827. The molecule has 0 bridgehead atoms. The average Bonchev–Trinajstić information content (AvgIpc) is 2.57. The normalized spacial score (nSPS) is 10.7. The quantitative estimate of drug-likeness (QED) is 0.607. The maximum absolute atomic E-state index is 10.7. The Kier molecular flexibility index (Phi) is 2.58. The lowest BCUT2D eigenvalue weighted by Gasteiger charge is -1.99. The highest BCUT2D eigenvalue weighted by atomic mass is 32.2. The van der Waals surface area contributed by atoms with Crippen LogP contribution in [0.2, 0.25) is 0 Å². The summed E-state index contributed by atoms with van der Waals surface area (Å²) in [4.78, 5) is 10.7. The Morgan fingerprint density at radius 1 is 1.50 bits per heavy atom. The SMILES string of the molecule is O=Cc1ccc(CO)c2cc(S)sc12. The average molecular weight is 224 g/mol. The molecule has 14 heavy (non-hydrogen) atoms. The maximum Gasteiger partial charge on any atom is 0.151 e. The number of aliphatic hydroxyl groups is 1. The van der Waals surface area contributed by atoms with E-state index in [0.717, 1.165) is 26.1 Å². The number of fused-ring (bicyclic) bond motifs is 1. The van der Waals surface area contributed by atoms with Gasteiger partial charge in [0.1, 0.15) is 0 Å². The highest BCUT2D eigenvalue weighted by Gasteiger charge is 2.08. The second-order valence-corrected chi connectivity index (χ2v) is 4.75. The van der Waals surface area contributed by atoms with Crippen LogP contribution in [0.1, 0.15) is 15.9 Å². The van der Waals surface area contributed by atoms with Crippen molar-refractivity contribution < 1.29 is 9.90 Å². The van der Waals surface area contributed by atoms with E-state index in [9.17, 15) is 4.79 Å². The van der Waals surface area contributed by atoms with Gasteiger partial charge in [0.2, 0.25) is 0 Å². The molecule has 72 valence electrons. The molecule has 0 atom stereocenters. The smallest absolute Gasteiger partial charge is 0.151 e. The van der Waals surface area contributed by atoms with Crippen molar-refractivity contribution in [3.8, 4) is 0 Å². The molecule has 0 spiro atoms. The van der Waals surface area contributed by atoms with Crippen LogP contribution in [0.3, 0.4) is 0 Å². The molecule has 1 aromatic heterocycles. The second-order valence-electron chi connectivity index (χ2n) is 2.92. The molecule has 1 N–H and O–H groups in total. The number of thiophene rings is 1. The molecule has 0 aliphatic rings. The topological polar surface area (TPSA) is 37.3 Å². The lowest BCUT2D eigenvalue weighted by atomic mass is 10.1. The minimum atomic E-state index is -0.0143. The van der Waals surface area contributed by atoms with Gasteiger partial charge in [0.25, 0.3) is 0 Å². The van der Waals surface area contributed by atoms with Crippen molar-refractivity contribution in [3.05, 3.63) is 29.3 Å². The number of benzene rings is 1. The summed E-state index contributed by atoms with van der Waals surface area (Å²) in [5.41, 5.74) is 1.49. The van der Waals surface area contributed by atoms with Gasteiger partial charge < -0.3 is 5.11 Å². The van der Waals surface area contributed by atoms with Crippen molar-refractivity contribution >= 4 is 40.3 Å².